The Kier molecular flexibility index (Phi) is 37.1. The van der Waals surface area contributed by atoms with E-state index in [1.54, 1.807) is 59.8 Å². The van der Waals surface area contributed by atoms with E-state index in [1.807, 2.05) is 0 Å². The van der Waals surface area contributed by atoms with Crippen LogP contribution in [0.1, 0.15) is 466 Å². The molecular weight excluding hydrogens is 1480 g/mol. The summed E-state index contributed by atoms with van der Waals surface area (Å²) in [5.74, 6) is 8.77. The molecule has 0 amide bonds. The van der Waals surface area contributed by atoms with E-state index in [0.717, 1.165) is 62.0 Å². The molecule has 0 unspecified atom stereocenters. The molecule has 0 aliphatic heterocycles. The Morgan fingerprint density at radius 3 is 0.520 bits per heavy atom. The van der Waals surface area contributed by atoms with Gasteiger partial charge in [-0.1, -0.05) is 461 Å². The smallest absolute Gasteiger partial charge is 0.119 e. The first-order chi connectivity index (χ1) is 60.9. The first kappa shape index (κ1) is 92.3. The number of fused-ring (bicyclic) bond motifs is 6. The van der Waals surface area contributed by atoms with Gasteiger partial charge in [-0.05, 0) is 264 Å². The highest BCUT2D eigenvalue weighted by atomic mass is 16.5. The molecule has 0 spiro atoms. The van der Waals surface area contributed by atoms with Gasteiger partial charge in [-0.2, -0.15) is 0 Å². The molecule has 14 aromatic carbocycles. The van der Waals surface area contributed by atoms with Gasteiger partial charge in [0.15, 0.2) is 0 Å². The van der Waals surface area contributed by atoms with E-state index in [9.17, 15) is 0 Å². The molecular formula is C122H166O. The predicted molar refractivity (Wildman–Crippen MR) is 551 cm³/mol. The third-order valence-corrected chi connectivity index (χ3v) is 29.9. The number of ether oxygens (including phenoxy) is 1. The molecule has 0 aromatic heterocycles. The lowest BCUT2D eigenvalue weighted by molar-refractivity contribution is 0.304. The topological polar surface area (TPSA) is 9.23 Å². The number of aryl methyl sites for hydroxylation is 5. The minimum atomic E-state index is 0.776. The highest BCUT2D eigenvalue weighted by Gasteiger charge is 2.33. The lowest BCUT2D eigenvalue weighted by atomic mass is 9.72. The first-order valence-corrected chi connectivity index (χ1v) is 53.5. The van der Waals surface area contributed by atoms with Crippen molar-refractivity contribution in [2.45, 2.75) is 459 Å². The average molecular weight is 1650 g/mol. The summed E-state index contributed by atoms with van der Waals surface area (Å²) < 4.78 is 6.45. The predicted octanol–water partition coefficient (Wildman–Crippen LogP) is 40.2. The summed E-state index contributed by atoms with van der Waals surface area (Å²) in [5, 5.41) is 36.3. The summed E-state index contributed by atoms with van der Waals surface area (Å²) in [4.78, 5) is 0. The van der Waals surface area contributed by atoms with Crippen LogP contribution >= 0.6 is 0 Å². The molecule has 123 heavy (non-hydrogen) atoms. The zero-order valence-corrected chi connectivity index (χ0v) is 79.3. The zero-order valence-electron chi connectivity index (χ0n) is 79.3. The van der Waals surface area contributed by atoms with E-state index < -0.39 is 0 Å². The third-order valence-electron chi connectivity index (χ3n) is 29.9. The molecule has 0 N–H and O–H groups in total. The molecule has 14 aromatic rings. The SMILES string of the molecule is CCCCCCCCCCCCOc1ccc(C#Cc2cc3c4cc(CCCCCCCCCCCC)cc5c6cc(CCCCCCCCCCCC)cc7c8cc(CCCCCCCCCCCC)cc9c%10cc(CCCCCCCCCCCC)cc%11c%12cc(CCCCCCCCCCCC)cc%13c(c2)c3c2c(c45)c(c67)c(c89)c(c%11%10)c2c%13%12)cc1. The second-order valence-electron chi connectivity index (χ2n) is 40.0. The van der Waals surface area contributed by atoms with Crippen molar-refractivity contribution in [1.82, 2.24) is 0 Å². The molecule has 1 heteroatoms. The summed E-state index contributed by atoms with van der Waals surface area (Å²) in [6.45, 7) is 14.8. The summed E-state index contributed by atoms with van der Waals surface area (Å²) in [6, 6.07) is 41.8. The number of rotatable bonds is 67. The van der Waals surface area contributed by atoms with Gasteiger partial charge in [-0.3, -0.25) is 0 Å². The Hall–Kier alpha value is -6.88. The standard InChI is InChI=1S/C122H166O/c1-7-13-19-25-31-37-43-49-55-61-67-92-79-99-101-81-93(68-62-56-50-44-38-32-26-20-14-8-2)83-103-105-85-95(70-64-58-52-46-40-34-28-22-16-10-4)87-107-109-89-97(73-72-91-74-76-98(77-75-91)123-78-66-60-54-48-42-36-30-24-18-12-6)90-110-108-88-96(71-65-59-53-47-41-35-29-23-17-11-5)86-106-104-84-94(69-63-57-51-45-39-33-27-21-15-9-3)82-102-100(80-92)111(99)117-118(112(101)103)120(114(105)107)122(116(109)110)121(115(106)108)119(117)113(102)104/h74-77,79-90H,7-71,78H2,1-6H3. The minimum Gasteiger partial charge on any atom is -0.494 e. The zero-order chi connectivity index (χ0) is 84.6. The van der Waals surface area contributed by atoms with E-state index in [4.69, 9.17) is 4.74 Å². The fraction of sp³-hybridized carbons (Fsp3) is 0.590. The van der Waals surface area contributed by atoms with E-state index >= 15 is 0 Å². The van der Waals surface area contributed by atoms with Crippen LogP contribution < -0.4 is 4.74 Å². The van der Waals surface area contributed by atoms with E-state index in [-0.39, 0.29) is 0 Å². The van der Waals surface area contributed by atoms with Crippen LogP contribution in [0.3, 0.4) is 0 Å². The third kappa shape index (κ3) is 23.7. The monoisotopic (exact) mass is 1650 g/mol. The van der Waals surface area contributed by atoms with E-state index in [1.165, 1.54) is 476 Å². The van der Waals surface area contributed by atoms with Crippen molar-refractivity contribution in [2.24, 2.45) is 0 Å². The normalized spacial score (nSPS) is 12.4. The molecule has 0 aliphatic carbocycles. The van der Waals surface area contributed by atoms with Crippen molar-refractivity contribution in [3.8, 4) is 17.6 Å². The van der Waals surface area contributed by atoms with Crippen molar-refractivity contribution in [2.75, 3.05) is 6.61 Å². The molecule has 1 nitrogen and oxygen atoms in total. The number of unbranched alkanes of at least 4 members (excludes halogenated alkanes) is 54. The molecule has 0 atom stereocenters. The summed E-state index contributed by atoms with van der Waals surface area (Å²) in [7, 11) is 0. The highest BCUT2D eigenvalue weighted by Crippen LogP contribution is 2.61. The Morgan fingerprint density at radius 2 is 0.325 bits per heavy atom. The summed E-state index contributed by atoms with van der Waals surface area (Å²) >= 11 is 0. The molecule has 0 radical (unpaired) electrons. The van der Waals surface area contributed by atoms with Gasteiger partial charge < -0.3 is 4.74 Å². The van der Waals surface area contributed by atoms with Gasteiger partial charge in [-0.25, -0.2) is 0 Å². The molecule has 0 fully saturated rings. The second-order valence-corrected chi connectivity index (χ2v) is 40.0. The van der Waals surface area contributed by atoms with Crippen molar-refractivity contribution in [3.05, 3.63) is 136 Å². The lowest BCUT2D eigenvalue weighted by Gasteiger charge is -2.30. The van der Waals surface area contributed by atoms with Gasteiger partial charge in [-0.15, -0.1) is 0 Å². The van der Waals surface area contributed by atoms with Gasteiger partial charge in [0.1, 0.15) is 5.75 Å². The van der Waals surface area contributed by atoms with Crippen LogP contribution in [0, 0.1) is 11.8 Å². The maximum atomic E-state index is 6.45. The van der Waals surface area contributed by atoms with Gasteiger partial charge >= 0.3 is 0 Å². The molecule has 0 saturated heterocycles. The van der Waals surface area contributed by atoms with Crippen molar-refractivity contribution < 1.29 is 4.74 Å². The molecule has 0 heterocycles. The quantitative estimate of drug-likeness (QED) is 0.0160. The lowest BCUT2D eigenvalue weighted by Crippen LogP contribution is -2.03. The van der Waals surface area contributed by atoms with Crippen LogP contribution in [0.5, 0.6) is 5.75 Å². The Balaban J connectivity index is 0.955. The van der Waals surface area contributed by atoms with Crippen LogP contribution in [0.2, 0.25) is 0 Å². The van der Waals surface area contributed by atoms with Crippen LogP contribution in [-0.4, -0.2) is 6.61 Å². The Bertz CT molecular complexity index is 5160. The van der Waals surface area contributed by atoms with Crippen LogP contribution in [0.4, 0.5) is 0 Å². The van der Waals surface area contributed by atoms with Crippen LogP contribution in [0.25, 0.3) is 129 Å². The van der Waals surface area contributed by atoms with Gasteiger partial charge in [0.2, 0.25) is 0 Å². The average Bonchev–Trinajstić information content (AvgIpc) is 0.641. The van der Waals surface area contributed by atoms with E-state index in [0.29, 0.717) is 0 Å². The van der Waals surface area contributed by atoms with Crippen molar-refractivity contribution in [1.29, 1.82) is 0 Å². The Morgan fingerprint density at radius 1 is 0.163 bits per heavy atom. The molecule has 0 bridgehead atoms. The fourth-order valence-electron chi connectivity index (χ4n) is 23.0. The maximum absolute atomic E-state index is 6.45. The van der Waals surface area contributed by atoms with Gasteiger partial charge in [0.05, 0.1) is 6.61 Å². The fourth-order valence-corrected chi connectivity index (χ4v) is 23.0. The van der Waals surface area contributed by atoms with Crippen molar-refractivity contribution in [3.63, 3.8) is 0 Å². The van der Waals surface area contributed by atoms with Crippen LogP contribution in [-0.2, 0) is 32.1 Å². The maximum Gasteiger partial charge on any atom is 0.119 e. The minimum absolute atomic E-state index is 0.776. The number of hydrogen-bond donors (Lipinski definition) is 0. The molecule has 660 valence electrons. The first-order valence-electron chi connectivity index (χ1n) is 53.5. The number of hydrogen-bond acceptors (Lipinski definition) is 1. The highest BCUT2D eigenvalue weighted by molar-refractivity contribution is 6.61. The van der Waals surface area contributed by atoms with E-state index in [2.05, 4.69) is 150 Å². The number of benzene rings is 14. The molecule has 0 aliphatic rings. The second kappa shape index (κ2) is 49.5. The van der Waals surface area contributed by atoms with Gasteiger partial charge in [0, 0.05) is 11.1 Å². The summed E-state index contributed by atoms with van der Waals surface area (Å²) in [6.07, 6.45) is 86.8. The molecule has 0 saturated carbocycles. The Labute approximate surface area is 748 Å². The summed E-state index contributed by atoms with van der Waals surface area (Å²) in [5.41, 5.74) is 9.87. The van der Waals surface area contributed by atoms with Crippen LogP contribution in [0.15, 0.2) is 97.1 Å². The molecule has 14 rings (SSSR count). The van der Waals surface area contributed by atoms with Gasteiger partial charge in [0.25, 0.3) is 0 Å². The van der Waals surface area contributed by atoms with Crippen molar-refractivity contribution >= 4 is 129 Å². The largest absolute Gasteiger partial charge is 0.494 e.